The van der Waals surface area contributed by atoms with E-state index < -0.39 is 0 Å². The van der Waals surface area contributed by atoms with Gasteiger partial charge in [0, 0.05) is 10.7 Å². The summed E-state index contributed by atoms with van der Waals surface area (Å²) in [6.07, 6.45) is 6.99. The molecule has 0 atom stereocenters. The summed E-state index contributed by atoms with van der Waals surface area (Å²) in [5, 5.41) is 3.08. The second-order valence-corrected chi connectivity index (χ2v) is 3.61. The van der Waals surface area contributed by atoms with Crippen LogP contribution in [-0.2, 0) is 0 Å². The number of pyridine rings is 1. The van der Waals surface area contributed by atoms with Gasteiger partial charge in [-0.15, -0.1) is 0 Å². The Kier molecular flexibility index (Phi) is 4.72. The Morgan fingerprint density at radius 1 is 1.54 bits per heavy atom. The van der Waals surface area contributed by atoms with Crippen molar-refractivity contribution in [3.8, 4) is 0 Å². The Bertz CT molecular complexity index is 267. The van der Waals surface area contributed by atoms with Crippen molar-refractivity contribution in [2.24, 2.45) is 0 Å². The number of hydrogen-bond acceptors (Lipinski definition) is 2. The van der Waals surface area contributed by atoms with Gasteiger partial charge in [0.2, 0.25) is 0 Å². The van der Waals surface area contributed by atoms with E-state index in [0.29, 0.717) is 0 Å². The van der Waals surface area contributed by atoms with Crippen LogP contribution in [0.4, 0.5) is 0 Å². The fourth-order valence-electron chi connectivity index (χ4n) is 0.918. The summed E-state index contributed by atoms with van der Waals surface area (Å²) < 4.78 is 1.01. The molecule has 2 nitrogen and oxygen atoms in total. The van der Waals surface area contributed by atoms with Gasteiger partial charge in [-0.3, -0.25) is 4.98 Å². The van der Waals surface area contributed by atoms with Crippen LogP contribution < -0.4 is 5.32 Å². The minimum absolute atomic E-state index is 0.999. The molecule has 0 saturated carbocycles. The first kappa shape index (κ1) is 10.4. The Hall–Kier alpha value is -0.670. The van der Waals surface area contributed by atoms with Gasteiger partial charge in [-0.25, -0.2) is 0 Å². The van der Waals surface area contributed by atoms with Gasteiger partial charge in [0.15, 0.2) is 0 Å². The number of nitrogens with one attached hydrogen (secondary N) is 1. The molecule has 13 heavy (non-hydrogen) atoms. The molecule has 0 aliphatic carbocycles. The van der Waals surface area contributed by atoms with Crippen LogP contribution in [-0.4, -0.2) is 18.6 Å². The van der Waals surface area contributed by atoms with E-state index in [-0.39, 0.29) is 0 Å². The second kappa shape index (κ2) is 5.89. The quantitative estimate of drug-likeness (QED) is 0.819. The van der Waals surface area contributed by atoms with Crippen molar-refractivity contribution in [3.05, 3.63) is 34.6 Å². The fourth-order valence-corrected chi connectivity index (χ4v) is 1.15. The molecule has 3 heteroatoms. The summed E-state index contributed by atoms with van der Waals surface area (Å²) in [5.74, 6) is 0. The largest absolute Gasteiger partial charge is 0.319 e. The highest BCUT2D eigenvalue weighted by atomic mass is 79.9. The van der Waals surface area contributed by atoms with Gasteiger partial charge in [0.1, 0.15) is 0 Å². The third kappa shape index (κ3) is 4.20. The maximum Gasteiger partial charge on any atom is 0.0627 e. The molecule has 0 aliphatic rings. The van der Waals surface area contributed by atoms with Gasteiger partial charge in [0.25, 0.3) is 0 Å². The molecular weight excluding hydrogens is 228 g/mol. The van der Waals surface area contributed by atoms with E-state index in [4.69, 9.17) is 0 Å². The minimum Gasteiger partial charge on any atom is -0.319 e. The van der Waals surface area contributed by atoms with Crippen LogP contribution in [0, 0.1) is 0 Å². The first-order valence-electron chi connectivity index (χ1n) is 4.25. The summed E-state index contributed by atoms with van der Waals surface area (Å²) in [6.45, 7) is 1.01. The number of nitrogens with zero attached hydrogens (tertiary/aromatic N) is 1. The van der Waals surface area contributed by atoms with Crippen LogP contribution in [0.15, 0.2) is 28.9 Å². The van der Waals surface area contributed by atoms with Crippen LogP contribution in [0.1, 0.15) is 12.1 Å². The zero-order valence-electron chi connectivity index (χ0n) is 7.63. The van der Waals surface area contributed by atoms with Crippen molar-refractivity contribution >= 4 is 22.0 Å². The first-order valence-corrected chi connectivity index (χ1v) is 5.05. The van der Waals surface area contributed by atoms with Crippen molar-refractivity contribution in [3.63, 3.8) is 0 Å². The summed E-state index contributed by atoms with van der Waals surface area (Å²) in [5.41, 5.74) is 0.999. The third-order valence-electron chi connectivity index (χ3n) is 1.60. The zero-order valence-corrected chi connectivity index (χ0v) is 9.21. The van der Waals surface area contributed by atoms with E-state index in [2.05, 4.69) is 32.3 Å². The average Bonchev–Trinajstić information content (AvgIpc) is 2.15. The van der Waals surface area contributed by atoms with Crippen molar-refractivity contribution in [2.75, 3.05) is 13.6 Å². The highest BCUT2D eigenvalue weighted by molar-refractivity contribution is 9.10. The highest BCUT2D eigenvalue weighted by Gasteiger charge is 1.87. The lowest BCUT2D eigenvalue weighted by molar-refractivity contribution is 0.809. The zero-order chi connectivity index (χ0) is 9.52. The monoisotopic (exact) mass is 240 g/mol. The highest BCUT2D eigenvalue weighted by Crippen LogP contribution is 2.08. The molecule has 1 N–H and O–H groups in total. The molecule has 0 bridgehead atoms. The van der Waals surface area contributed by atoms with Crippen molar-refractivity contribution in [1.82, 2.24) is 10.3 Å². The molecule has 0 spiro atoms. The molecule has 1 aromatic rings. The van der Waals surface area contributed by atoms with Crippen LogP contribution in [0.5, 0.6) is 0 Å². The van der Waals surface area contributed by atoms with Crippen LogP contribution >= 0.6 is 15.9 Å². The lowest BCUT2D eigenvalue weighted by atomic mass is 10.3. The lowest BCUT2D eigenvalue weighted by Gasteiger charge is -1.93. The van der Waals surface area contributed by atoms with Gasteiger partial charge in [-0.2, -0.15) is 0 Å². The molecule has 1 rings (SSSR count). The molecule has 0 amide bonds. The van der Waals surface area contributed by atoms with Crippen LogP contribution in [0.3, 0.4) is 0 Å². The second-order valence-electron chi connectivity index (χ2n) is 2.70. The SMILES string of the molecule is CNCCC=Cc1ccc(Br)cn1. The Morgan fingerprint density at radius 2 is 2.38 bits per heavy atom. The number of hydrogen-bond donors (Lipinski definition) is 1. The van der Waals surface area contributed by atoms with E-state index in [1.807, 2.05) is 25.3 Å². The van der Waals surface area contributed by atoms with Crippen LogP contribution in [0.2, 0.25) is 0 Å². The van der Waals surface area contributed by atoms with Gasteiger partial charge in [-0.1, -0.05) is 6.08 Å². The predicted molar refractivity (Wildman–Crippen MR) is 59.5 cm³/mol. The Balaban J connectivity index is 2.44. The molecule has 1 aromatic heterocycles. The number of rotatable bonds is 4. The van der Waals surface area contributed by atoms with Gasteiger partial charge < -0.3 is 5.32 Å². The average molecular weight is 241 g/mol. The van der Waals surface area contributed by atoms with Crippen molar-refractivity contribution in [1.29, 1.82) is 0 Å². The molecular formula is C10H13BrN2. The van der Waals surface area contributed by atoms with E-state index in [1.165, 1.54) is 0 Å². The Labute approximate surface area is 87.2 Å². The number of aromatic nitrogens is 1. The molecule has 0 unspecified atom stereocenters. The molecule has 1 heterocycles. The normalized spacial score (nSPS) is 10.9. The lowest BCUT2D eigenvalue weighted by Crippen LogP contribution is -2.05. The fraction of sp³-hybridized carbons (Fsp3) is 0.300. The van der Waals surface area contributed by atoms with E-state index in [0.717, 1.165) is 23.1 Å². The summed E-state index contributed by atoms with van der Waals surface area (Å²) >= 11 is 3.34. The van der Waals surface area contributed by atoms with Gasteiger partial charge in [-0.05, 0) is 54.2 Å². The molecule has 70 valence electrons. The maximum absolute atomic E-state index is 4.22. The van der Waals surface area contributed by atoms with Crippen LogP contribution in [0.25, 0.3) is 6.08 Å². The minimum atomic E-state index is 0.999. The van der Waals surface area contributed by atoms with E-state index in [1.54, 1.807) is 6.20 Å². The third-order valence-corrected chi connectivity index (χ3v) is 2.07. The summed E-state index contributed by atoms with van der Waals surface area (Å²) in [6, 6.07) is 3.98. The van der Waals surface area contributed by atoms with E-state index in [9.17, 15) is 0 Å². The molecule has 0 aliphatic heterocycles. The van der Waals surface area contributed by atoms with E-state index >= 15 is 0 Å². The van der Waals surface area contributed by atoms with Gasteiger partial charge in [0.05, 0.1) is 5.69 Å². The molecule has 0 radical (unpaired) electrons. The maximum atomic E-state index is 4.22. The number of halogens is 1. The first-order chi connectivity index (χ1) is 6.33. The van der Waals surface area contributed by atoms with Crippen molar-refractivity contribution in [2.45, 2.75) is 6.42 Å². The standard InChI is InChI=1S/C10H13BrN2/c1-12-7-3-2-4-10-6-5-9(11)8-13-10/h2,4-6,8,12H,3,7H2,1H3. The van der Waals surface area contributed by atoms with Crippen molar-refractivity contribution < 1.29 is 0 Å². The Morgan fingerprint density at radius 3 is 3.00 bits per heavy atom. The summed E-state index contributed by atoms with van der Waals surface area (Å²) in [4.78, 5) is 4.22. The summed E-state index contributed by atoms with van der Waals surface area (Å²) in [7, 11) is 1.95. The topological polar surface area (TPSA) is 24.9 Å². The molecule has 0 fully saturated rings. The molecule has 0 aromatic carbocycles. The predicted octanol–water partition coefficient (Wildman–Crippen LogP) is 2.47. The molecule has 0 saturated heterocycles. The van der Waals surface area contributed by atoms with Gasteiger partial charge >= 0.3 is 0 Å². The smallest absolute Gasteiger partial charge is 0.0627 e.